The van der Waals surface area contributed by atoms with Crippen LogP contribution in [-0.4, -0.2) is 11.7 Å². The molecule has 0 aliphatic carbocycles. The van der Waals surface area contributed by atoms with Gasteiger partial charge < -0.3 is 10.8 Å². The van der Waals surface area contributed by atoms with Crippen molar-refractivity contribution < 1.29 is 5.11 Å². The average molecular weight is 250 g/mol. The standard InChI is InChI=1S/C8H12BrNOS/c1-5-4-12-8(7(5)9)6(11)2-3-10/h4,6,11H,2-3,10H2,1H3/t6-/m1/s1. The average Bonchev–Trinajstić information content (AvgIpc) is 2.34. The summed E-state index contributed by atoms with van der Waals surface area (Å²) >= 11 is 5.00. The molecule has 1 atom stereocenters. The van der Waals surface area contributed by atoms with Gasteiger partial charge in [-0.1, -0.05) is 0 Å². The molecule has 1 aromatic heterocycles. The number of rotatable bonds is 3. The van der Waals surface area contributed by atoms with Crippen LogP contribution in [0.25, 0.3) is 0 Å². The molecule has 1 heterocycles. The Morgan fingerprint density at radius 3 is 2.83 bits per heavy atom. The molecule has 0 amide bonds. The normalized spacial score (nSPS) is 13.3. The molecule has 0 radical (unpaired) electrons. The van der Waals surface area contributed by atoms with E-state index < -0.39 is 6.10 Å². The number of hydrogen-bond acceptors (Lipinski definition) is 3. The van der Waals surface area contributed by atoms with Gasteiger partial charge in [0.15, 0.2) is 0 Å². The van der Waals surface area contributed by atoms with Crippen molar-refractivity contribution in [2.75, 3.05) is 6.54 Å². The van der Waals surface area contributed by atoms with Crippen LogP contribution in [0, 0.1) is 6.92 Å². The minimum absolute atomic E-state index is 0.414. The summed E-state index contributed by atoms with van der Waals surface area (Å²) in [5.41, 5.74) is 6.53. The number of thiophene rings is 1. The number of aliphatic hydroxyl groups is 1. The first-order chi connectivity index (χ1) is 5.66. The Kier molecular flexibility index (Phi) is 3.71. The summed E-state index contributed by atoms with van der Waals surface area (Å²) in [6, 6.07) is 0. The predicted molar refractivity (Wildman–Crippen MR) is 55.4 cm³/mol. The van der Waals surface area contributed by atoms with E-state index in [4.69, 9.17) is 5.73 Å². The molecule has 2 nitrogen and oxygen atoms in total. The molecule has 0 aliphatic rings. The Labute approximate surface area is 84.5 Å². The molecule has 0 saturated heterocycles. The topological polar surface area (TPSA) is 46.2 Å². The van der Waals surface area contributed by atoms with Crippen LogP contribution in [0.15, 0.2) is 9.85 Å². The quantitative estimate of drug-likeness (QED) is 0.863. The van der Waals surface area contributed by atoms with E-state index >= 15 is 0 Å². The smallest absolute Gasteiger partial charge is 0.0905 e. The van der Waals surface area contributed by atoms with E-state index in [1.165, 1.54) is 5.56 Å². The van der Waals surface area contributed by atoms with Gasteiger partial charge in [0.05, 0.1) is 6.10 Å². The number of aliphatic hydroxyl groups excluding tert-OH is 1. The van der Waals surface area contributed by atoms with Crippen molar-refractivity contribution in [3.8, 4) is 0 Å². The van der Waals surface area contributed by atoms with Gasteiger partial charge in [-0.25, -0.2) is 0 Å². The SMILES string of the molecule is Cc1csc([C@H](O)CCN)c1Br. The summed E-state index contributed by atoms with van der Waals surface area (Å²) in [4.78, 5) is 0.984. The number of aryl methyl sites for hydroxylation is 1. The fraction of sp³-hybridized carbons (Fsp3) is 0.500. The summed E-state index contributed by atoms with van der Waals surface area (Å²) in [5.74, 6) is 0. The lowest BCUT2D eigenvalue weighted by molar-refractivity contribution is 0.173. The molecule has 1 rings (SSSR count). The van der Waals surface area contributed by atoms with Crippen molar-refractivity contribution in [2.45, 2.75) is 19.4 Å². The van der Waals surface area contributed by atoms with Crippen molar-refractivity contribution in [2.24, 2.45) is 5.73 Å². The Bertz CT molecular complexity index is 262. The molecule has 3 N–H and O–H groups in total. The van der Waals surface area contributed by atoms with Gasteiger partial charge >= 0.3 is 0 Å². The molecular formula is C8H12BrNOS. The molecule has 0 aromatic carbocycles. The fourth-order valence-electron chi connectivity index (χ4n) is 0.963. The first kappa shape index (κ1) is 10.2. The van der Waals surface area contributed by atoms with Crippen LogP contribution in [0.4, 0.5) is 0 Å². The lowest BCUT2D eigenvalue weighted by Gasteiger charge is -2.06. The molecule has 1 aromatic rings. The molecule has 0 aliphatic heterocycles. The van der Waals surface area contributed by atoms with Crippen LogP contribution < -0.4 is 5.73 Å². The number of nitrogens with two attached hydrogens (primary N) is 1. The lowest BCUT2D eigenvalue weighted by atomic mass is 10.2. The van der Waals surface area contributed by atoms with Crippen molar-refractivity contribution in [1.82, 2.24) is 0 Å². The third-order valence-electron chi connectivity index (χ3n) is 1.67. The first-order valence-corrected chi connectivity index (χ1v) is 5.45. The van der Waals surface area contributed by atoms with Crippen molar-refractivity contribution >= 4 is 27.3 Å². The van der Waals surface area contributed by atoms with Gasteiger partial charge in [0, 0.05) is 9.35 Å². The lowest BCUT2D eigenvalue weighted by Crippen LogP contribution is -2.05. The van der Waals surface area contributed by atoms with E-state index in [-0.39, 0.29) is 0 Å². The van der Waals surface area contributed by atoms with E-state index in [0.29, 0.717) is 13.0 Å². The summed E-state index contributed by atoms with van der Waals surface area (Å²) < 4.78 is 1.02. The zero-order chi connectivity index (χ0) is 9.14. The Morgan fingerprint density at radius 2 is 2.42 bits per heavy atom. The van der Waals surface area contributed by atoms with Gasteiger partial charge in [-0.05, 0) is 46.8 Å². The second kappa shape index (κ2) is 4.37. The molecule has 0 saturated carbocycles. The van der Waals surface area contributed by atoms with Crippen LogP contribution in [-0.2, 0) is 0 Å². The Balaban J connectivity index is 2.80. The second-order valence-corrected chi connectivity index (χ2v) is 4.39. The van der Waals surface area contributed by atoms with Crippen molar-refractivity contribution in [1.29, 1.82) is 0 Å². The maximum atomic E-state index is 9.62. The zero-order valence-corrected chi connectivity index (χ0v) is 9.28. The third kappa shape index (κ3) is 2.07. The first-order valence-electron chi connectivity index (χ1n) is 3.78. The predicted octanol–water partition coefficient (Wildman–Crippen LogP) is 2.20. The Hall–Kier alpha value is 0.100. The largest absolute Gasteiger partial charge is 0.387 e. The molecular weight excluding hydrogens is 238 g/mol. The van der Waals surface area contributed by atoms with E-state index in [2.05, 4.69) is 15.9 Å². The van der Waals surface area contributed by atoms with Gasteiger partial charge in [-0.15, -0.1) is 11.3 Å². The highest BCUT2D eigenvalue weighted by Crippen LogP contribution is 2.33. The van der Waals surface area contributed by atoms with Gasteiger partial charge in [0.1, 0.15) is 0 Å². The van der Waals surface area contributed by atoms with E-state index in [9.17, 15) is 5.11 Å². The summed E-state index contributed by atoms with van der Waals surface area (Å²) in [6.07, 6.45) is 0.210. The highest BCUT2D eigenvalue weighted by Gasteiger charge is 2.13. The van der Waals surface area contributed by atoms with Crippen molar-refractivity contribution in [3.63, 3.8) is 0 Å². The Morgan fingerprint density at radius 1 is 1.75 bits per heavy atom. The summed E-state index contributed by atoms with van der Waals surface area (Å²) in [7, 11) is 0. The molecule has 4 heteroatoms. The molecule has 12 heavy (non-hydrogen) atoms. The van der Waals surface area contributed by atoms with Gasteiger partial charge in [0.2, 0.25) is 0 Å². The van der Waals surface area contributed by atoms with Gasteiger partial charge in [0.25, 0.3) is 0 Å². The molecule has 0 fully saturated rings. The van der Waals surface area contributed by atoms with Crippen LogP contribution in [0.3, 0.4) is 0 Å². The maximum Gasteiger partial charge on any atom is 0.0905 e. The van der Waals surface area contributed by atoms with Crippen LogP contribution >= 0.6 is 27.3 Å². The van der Waals surface area contributed by atoms with E-state index in [0.717, 1.165) is 9.35 Å². The third-order valence-corrected chi connectivity index (χ3v) is 4.18. The van der Waals surface area contributed by atoms with E-state index in [1.54, 1.807) is 11.3 Å². The fourth-order valence-corrected chi connectivity index (χ4v) is 2.74. The highest BCUT2D eigenvalue weighted by molar-refractivity contribution is 9.10. The van der Waals surface area contributed by atoms with E-state index in [1.807, 2.05) is 12.3 Å². The molecule has 0 unspecified atom stereocenters. The minimum Gasteiger partial charge on any atom is -0.387 e. The molecule has 0 spiro atoms. The second-order valence-electron chi connectivity index (χ2n) is 2.69. The van der Waals surface area contributed by atoms with Gasteiger partial charge in [-0.2, -0.15) is 0 Å². The van der Waals surface area contributed by atoms with Crippen LogP contribution in [0.2, 0.25) is 0 Å². The number of hydrogen-bond donors (Lipinski definition) is 2. The maximum absolute atomic E-state index is 9.62. The molecule has 0 bridgehead atoms. The minimum atomic E-state index is -0.414. The molecule has 68 valence electrons. The monoisotopic (exact) mass is 249 g/mol. The van der Waals surface area contributed by atoms with Crippen LogP contribution in [0.1, 0.15) is 23.0 Å². The summed E-state index contributed by atoms with van der Waals surface area (Å²) in [6.45, 7) is 2.53. The zero-order valence-electron chi connectivity index (χ0n) is 6.88. The number of halogens is 1. The highest BCUT2D eigenvalue weighted by atomic mass is 79.9. The van der Waals surface area contributed by atoms with Gasteiger partial charge in [-0.3, -0.25) is 0 Å². The van der Waals surface area contributed by atoms with Crippen LogP contribution in [0.5, 0.6) is 0 Å². The van der Waals surface area contributed by atoms with Crippen molar-refractivity contribution in [3.05, 3.63) is 20.3 Å². The summed E-state index contributed by atoms with van der Waals surface area (Å²) in [5, 5.41) is 11.6.